The Morgan fingerprint density at radius 1 is 1.47 bits per heavy atom. The molecule has 0 saturated heterocycles. The average molecular weight is 316 g/mol. The summed E-state index contributed by atoms with van der Waals surface area (Å²) >= 11 is 8.43. The van der Waals surface area contributed by atoms with Crippen molar-refractivity contribution in [2.24, 2.45) is 11.1 Å². The fraction of sp³-hybridized carbons (Fsp3) is 0.462. The van der Waals surface area contributed by atoms with Crippen LogP contribution in [0.3, 0.4) is 0 Å². The van der Waals surface area contributed by atoms with E-state index in [4.69, 9.17) is 22.7 Å². The van der Waals surface area contributed by atoms with Gasteiger partial charge in [0.15, 0.2) is 0 Å². The van der Waals surface area contributed by atoms with Gasteiger partial charge in [0.05, 0.1) is 11.6 Å². The monoisotopic (exact) mass is 315 g/mol. The van der Waals surface area contributed by atoms with Gasteiger partial charge in [0.25, 0.3) is 0 Å². The second-order valence-electron chi connectivity index (χ2n) is 4.66. The summed E-state index contributed by atoms with van der Waals surface area (Å²) in [6.45, 7) is 4.81. The smallest absolute Gasteiger partial charge is 0.120 e. The molecular formula is C13H18BrNOS. The topological polar surface area (TPSA) is 35.2 Å². The van der Waals surface area contributed by atoms with Crippen molar-refractivity contribution in [1.82, 2.24) is 0 Å². The lowest BCUT2D eigenvalue weighted by atomic mass is 9.88. The standard InChI is InChI=1S/C13H18BrNOS/c1-13(2,12(15)17)7-4-8-16-11-6-3-5-10(14)9-11/h3,5-6,9H,4,7-8H2,1-2H3,(H2,15,17). The highest BCUT2D eigenvalue weighted by atomic mass is 79.9. The molecule has 4 heteroatoms. The molecule has 0 spiro atoms. The first-order chi connectivity index (χ1) is 7.92. The molecule has 1 rings (SSSR count). The van der Waals surface area contributed by atoms with Crippen LogP contribution in [0.4, 0.5) is 0 Å². The second-order valence-corrected chi connectivity index (χ2v) is 6.01. The molecule has 1 aromatic rings. The van der Waals surface area contributed by atoms with Crippen molar-refractivity contribution in [3.8, 4) is 5.75 Å². The van der Waals surface area contributed by atoms with Gasteiger partial charge in [-0.1, -0.05) is 48.1 Å². The Hall–Kier alpha value is -0.610. The maximum atomic E-state index is 5.67. The molecule has 0 aliphatic carbocycles. The van der Waals surface area contributed by atoms with Gasteiger partial charge in [-0.25, -0.2) is 0 Å². The highest BCUT2D eigenvalue weighted by Crippen LogP contribution is 2.23. The quantitative estimate of drug-likeness (QED) is 0.638. The Morgan fingerprint density at radius 3 is 2.76 bits per heavy atom. The molecule has 2 nitrogen and oxygen atoms in total. The number of hydrogen-bond acceptors (Lipinski definition) is 2. The lowest BCUT2D eigenvalue weighted by Gasteiger charge is -2.22. The van der Waals surface area contributed by atoms with E-state index in [1.165, 1.54) is 0 Å². The summed E-state index contributed by atoms with van der Waals surface area (Å²) in [5.41, 5.74) is 5.58. The largest absolute Gasteiger partial charge is 0.494 e. The summed E-state index contributed by atoms with van der Waals surface area (Å²) in [4.78, 5) is 0.569. The zero-order valence-corrected chi connectivity index (χ0v) is 12.6. The molecule has 0 bridgehead atoms. The first kappa shape index (κ1) is 14.5. The predicted octanol–water partition coefficient (Wildman–Crippen LogP) is 3.92. The van der Waals surface area contributed by atoms with Crippen LogP contribution in [0.25, 0.3) is 0 Å². The molecule has 0 atom stereocenters. The van der Waals surface area contributed by atoms with E-state index < -0.39 is 0 Å². The minimum atomic E-state index is -0.0873. The van der Waals surface area contributed by atoms with Gasteiger partial charge in [-0.05, 0) is 31.0 Å². The molecule has 2 N–H and O–H groups in total. The highest BCUT2D eigenvalue weighted by Gasteiger charge is 2.20. The number of thiocarbonyl (C=S) groups is 1. The van der Waals surface area contributed by atoms with Gasteiger partial charge >= 0.3 is 0 Å². The van der Waals surface area contributed by atoms with Crippen molar-refractivity contribution in [3.63, 3.8) is 0 Å². The maximum Gasteiger partial charge on any atom is 0.120 e. The molecule has 0 aromatic heterocycles. The third-order valence-corrected chi connectivity index (χ3v) is 3.72. The van der Waals surface area contributed by atoms with Crippen LogP contribution >= 0.6 is 28.1 Å². The summed E-state index contributed by atoms with van der Waals surface area (Å²) in [6.07, 6.45) is 1.88. The number of nitrogens with two attached hydrogens (primary N) is 1. The Kier molecular flexibility index (Phi) is 5.40. The van der Waals surface area contributed by atoms with Crippen molar-refractivity contribution in [1.29, 1.82) is 0 Å². The first-order valence-corrected chi connectivity index (χ1v) is 6.80. The van der Waals surface area contributed by atoms with Crippen LogP contribution in [0.15, 0.2) is 28.7 Å². The first-order valence-electron chi connectivity index (χ1n) is 5.60. The van der Waals surface area contributed by atoms with E-state index >= 15 is 0 Å². The SMILES string of the molecule is CC(C)(CCCOc1cccc(Br)c1)C(N)=S. The highest BCUT2D eigenvalue weighted by molar-refractivity contribution is 9.10. The van der Waals surface area contributed by atoms with Crippen LogP contribution in [-0.4, -0.2) is 11.6 Å². The minimum absolute atomic E-state index is 0.0873. The van der Waals surface area contributed by atoms with E-state index in [1.807, 2.05) is 24.3 Å². The van der Waals surface area contributed by atoms with Gasteiger partial charge in [0, 0.05) is 9.89 Å². The number of ether oxygens (including phenoxy) is 1. The van der Waals surface area contributed by atoms with Crippen molar-refractivity contribution in [3.05, 3.63) is 28.7 Å². The third-order valence-electron chi connectivity index (χ3n) is 2.68. The number of benzene rings is 1. The molecule has 94 valence electrons. The Morgan fingerprint density at radius 2 is 2.18 bits per heavy atom. The molecule has 17 heavy (non-hydrogen) atoms. The van der Waals surface area contributed by atoms with Crippen molar-refractivity contribution >= 4 is 33.1 Å². The lowest BCUT2D eigenvalue weighted by Crippen LogP contribution is -2.30. The van der Waals surface area contributed by atoms with Crippen LogP contribution in [-0.2, 0) is 0 Å². The predicted molar refractivity (Wildman–Crippen MR) is 79.4 cm³/mol. The van der Waals surface area contributed by atoms with Gasteiger partial charge in [-0.3, -0.25) is 0 Å². The minimum Gasteiger partial charge on any atom is -0.494 e. The van der Waals surface area contributed by atoms with Crippen LogP contribution < -0.4 is 10.5 Å². The molecule has 0 heterocycles. The molecule has 0 radical (unpaired) electrons. The van der Waals surface area contributed by atoms with E-state index in [0.29, 0.717) is 11.6 Å². The third kappa shape index (κ3) is 5.04. The molecule has 0 fully saturated rings. The van der Waals surface area contributed by atoms with E-state index in [2.05, 4.69) is 29.8 Å². The fourth-order valence-corrected chi connectivity index (χ4v) is 1.86. The summed E-state index contributed by atoms with van der Waals surface area (Å²) in [6, 6.07) is 7.84. The van der Waals surface area contributed by atoms with Gasteiger partial charge in [-0.15, -0.1) is 0 Å². The number of rotatable bonds is 6. The van der Waals surface area contributed by atoms with E-state index in [9.17, 15) is 0 Å². The summed E-state index contributed by atoms with van der Waals surface area (Å²) < 4.78 is 6.67. The van der Waals surface area contributed by atoms with E-state index in [-0.39, 0.29) is 5.41 Å². The van der Waals surface area contributed by atoms with Gasteiger partial charge in [-0.2, -0.15) is 0 Å². The van der Waals surface area contributed by atoms with Gasteiger partial charge < -0.3 is 10.5 Å². The molecule has 1 aromatic carbocycles. The van der Waals surface area contributed by atoms with E-state index in [1.54, 1.807) is 0 Å². The summed E-state index contributed by atoms with van der Waals surface area (Å²) in [5.74, 6) is 0.882. The summed E-state index contributed by atoms with van der Waals surface area (Å²) in [5, 5.41) is 0. The molecule has 0 saturated carbocycles. The molecule has 0 aliphatic heterocycles. The van der Waals surface area contributed by atoms with Crippen molar-refractivity contribution in [2.45, 2.75) is 26.7 Å². The lowest BCUT2D eigenvalue weighted by molar-refractivity contribution is 0.287. The molecule has 0 aliphatic rings. The fourth-order valence-electron chi connectivity index (χ4n) is 1.38. The van der Waals surface area contributed by atoms with Gasteiger partial charge in [0.1, 0.15) is 5.75 Å². The zero-order chi connectivity index (χ0) is 12.9. The number of halogens is 1. The Bertz CT molecular complexity index is 393. The van der Waals surface area contributed by atoms with Crippen LogP contribution in [0, 0.1) is 5.41 Å². The Balaban J connectivity index is 2.32. The molecule has 0 unspecified atom stereocenters. The van der Waals surface area contributed by atoms with Gasteiger partial charge in [0.2, 0.25) is 0 Å². The van der Waals surface area contributed by atoms with Crippen LogP contribution in [0.1, 0.15) is 26.7 Å². The van der Waals surface area contributed by atoms with Crippen molar-refractivity contribution in [2.75, 3.05) is 6.61 Å². The second kappa shape index (κ2) is 6.36. The molecular weight excluding hydrogens is 298 g/mol. The van der Waals surface area contributed by atoms with Crippen LogP contribution in [0.5, 0.6) is 5.75 Å². The average Bonchev–Trinajstić information content (AvgIpc) is 2.24. The zero-order valence-electron chi connectivity index (χ0n) is 10.2. The van der Waals surface area contributed by atoms with Crippen LogP contribution in [0.2, 0.25) is 0 Å². The van der Waals surface area contributed by atoms with E-state index in [0.717, 1.165) is 23.1 Å². The summed E-state index contributed by atoms with van der Waals surface area (Å²) in [7, 11) is 0. The molecule has 0 amide bonds. The number of hydrogen-bond donors (Lipinski definition) is 1. The van der Waals surface area contributed by atoms with Crippen molar-refractivity contribution < 1.29 is 4.74 Å². The Labute approximate surface area is 117 Å². The normalized spacial score (nSPS) is 11.2. The maximum absolute atomic E-state index is 5.67.